The first-order valence-corrected chi connectivity index (χ1v) is 8.37. The summed E-state index contributed by atoms with van der Waals surface area (Å²) in [6.07, 6.45) is 0. The fourth-order valence-corrected chi connectivity index (χ4v) is 4.34. The van der Waals surface area contributed by atoms with Crippen molar-refractivity contribution in [3.05, 3.63) is 58.3 Å². The van der Waals surface area contributed by atoms with Gasteiger partial charge < -0.3 is 15.7 Å². The van der Waals surface area contributed by atoms with Crippen molar-refractivity contribution in [2.75, 3.05) is 13.1 Å². The Hall–Kier alpha value is -1.69. The smallest absolute Gasteiger partial charge is 0.264 e. The molecule has 3 unspecified atom stereocenters. The number of carbonyl (C=O) groups is 1. The summed E-state index contributed by atoms with van der Waals surface area (Å²) in [6, 6.07) is 13.1. The van der Waals surface area contributed by atoms with E-state index in [0.29, 0.717) is 35.4 Å². The van der Waals surface area contributed by atoms with Gasteiger partial charge in [-0.25, -0.2) is 0 Å². The first kappa shape index (κ1) is 13.9. The van der Waals surface area contributed by atoms with E-state index in [2.05, 4.69) is 0 Å². The second-order valence-corrected chi connectivity index (χ2v) is 7.12. The van der Waals surface area contributed by atoms with E-state index in [9.17, 15) is 9.90 Å². The summed E-state index contributed by atoms with van der Waals surface area (Å²) in [5.41, 5.74) is 4.97. The number of carbonyl (C=O) groups excluding carboxylic acids is 1. The lowest BCUT2D eigenvalue weighted by atomic mass is 9.90. The molecule has 3 N–H and O–H groups in total. The predicted octanol–water partition coefficient (Wildman–Crippen LogP) is 1.40. The van der Waals surface area contributed by atoms with E-state index in [-0.39, 0.29) is 11.9 Å². The van der Waals surface area contributed by atoms with Crippen LogP contribution in [0.2, 0.25) is 0 Å². The summed E-state index contributed by atoms with van der Waals surface area (Å²) < 4.78 is 0. The molecule has 1 aromatic heterocycles. The van der Waals surface area contributed by atoms with Crippen molar-refractivity contribution < 1.29 is 9.90 Å². The molecule has 1 saturated heterocycles. The van der Waals surface area contributed by atoms with Gasteiger partial charge in [-0.05, 0) is 28.8 Å². The van der Waals surface area contributed by atoms with Crippen molar-refractivity contribution in [2.45, 2.75) is 11.6 Å². The first-order valence-electron chi connectivity index (χ1n) is 7.49. The zero-order valence-corrected chi connectivity index (χ0v) is 12.9. The van der Waals surface area contributed by atoms with Crippen LogP contribution >= 0.6 is 11.3 Å². The predicted molar refractivity (Wildman–Crippen MR) is 85.3 cm³/mol. The molecule has 1 aromatic carbocycles. The molecule has 22 heavy (non-hydrogen) atoms. The molecule has 2 fully saturated rings. The van der Waals surface area contributed by atoms with Gasteiger partial charge in [-0.15, -0.1) is 11.3 Å². The number of thiophene rings is 1. The standard InChI is InChI=1S/C17H18N2O2S/c18-15-12-9-19(10-13(12)15)16(20)17(21,14-7-4-8-22-14)11-5-2-1-3-6-11/h1-8,12-13,15,21H,9-10,18H2. The maximum atomic E-state index is 13.1. The minimum Gasteiger partial charge on any atom is -0.371 e. The SMILES string of the molecule is NC1C2CN(C(=O)C(O)(c3ccccc3)c3cccs3)CC12. The van der Waals surface area contributed by atoms with Gasteiger partial charge in [0.05, 0.1) is 4.88 Å². The molecule has 2 heterocycles. The van der Waals surface area contributed by atoms with Crippen LogP contribution in [0.4, 0.5) is 0 Å². The van der Waals surface area contributed by atoms with Crippen molar-refractivity contribution in [3.63, 3.8) is 0 Å². The van der Waals surface area contributed by atoms with E-state index >= 15 is 0 Å². The van der Waals surface area contributed by atoms with Gasteiger partial charge in [0.15, 0.2) is 0 Å². The lowest BCUT2D eigenvalue weighted by molar-refractivity contribution is -0.147. The van der Waals surface area contributed by atoms with Crippen LogP contribution < -0.4 is 5.73 Å². The normalized spacial score (nSPS) is 29.0. The number of rotatable bonds is 3. The van der Waals surface area contributed by atoms with Gasteiger partial charge in [0.1, 0.15) is 0 Å². The van der Waals surface area contributed by atoms with Crippen molar-refractivity contribution in [3.8, 4) is 0 Å². The molecule has 0 spiro atoms. The monoisotopic (exact) mass is 314 g/mol. The van der Waals surface area contributed by atoms with E-state index in [1.807, 2.05) is 35.7 Å². The lowest BCUT2D eigenvalue weighted by Crippen LogP contribution is -2.48. The molecule has 4 rings (SSSR count). The minimum absolute atomic E-state index is 0.232. The van der Waals surface area contributed by atoms with Crippen molar-refractivity contribution in [2.24, 2.45) is 17.6 Å². The van der Waals surface area contributed by atoms with Crippen LogP contribution in [0, 0.1) is 11.8 Å². The van der Waals surface area contributed by atoms with Gasteiger partial charge in [-0.3, -0.25) is 4.79 Å². The molecule has 0 bridgehead atoms. The molecule has 5 heteroatoms. The number of benzene rings is 1. The number of nitrogens with zero attached hydrogens (tertiary/aromatic N) is 1. The van der Waals surface area contributed by atoms with E-state index in [0.717, 1.165) is 0 Å². The summed E-state index contributed by atoms with van der Waals surface area (Å²) in [5, 5.41) is 13.2. The van der Waals surface area contributed by atoms with Gasteiger partial charge in [0.25, 0.3) is 5.91 Å². The Bertz CT molecular complexity index is 676. The molecule has 0 radical (unpaired) electrons. The molecular formula is C17H18N2O2S. The van der Waals surface area contributed by atoms with E-state index in [1.54, 1.807) is 17.0 Å². The van der Waals surface area contributed by atoms with E-state index in [4.69, 9.17) is 5.73 Å². The van der Waals surface area contributed by atoms with Crippen molar-refractivity contribution in [1.82, 2.24) is 4.90 Å². The van der Waals surface area contributed by atoms with Crippen molar-refractivity contribution in [1.29, 1.82) is 0 Å². The van der Waals surface area contributed by atoms with Gasteiger partial charge in [0.2, 0.25) is 5.60 Å². The third-order valence-corrected chi connectivity index (χ3v) is 5.90. The molecule has 2 aliphatic rings. The Morgan fingerprint density at radius 3 is 2.45 bits per heavy atom. The fourth-order valence-electron chi connectivity index (χ4n) is 3.50. The Morgan fingerprint density at radius 1 is 1.18 bits per heavy atom. The zero-order chi connectivity index (χ0) is 15.3. The number of hydrogen-bond donors (Lipinski definition) is 2. The van der Waals surface area contributed by atoms with Crippen LogP contribution in [0.25, 0.3) is 0 Å². The number of amides is 1. The van der Waals surface area contributed by atoms with Crippen molar-refractivity contribution >= 4 is 17.2 Å². The highest BCUT2D eigenvalue weighted by atomic mass is 32.1. The van der Waals surface area contributed by atoms with Crippen LogP contribution in [0.5, 0.6) is 0 Å². The summed E-state index contributed by atoms with van der Waals surface area (Å²) in [4.78, 5) is 15.5. The van der Waals surface area contributed by atoms with Crippen LogP contribution in [0.1, 0.15) is 10.4 Å². The quantitative estimate of drug-likeness (QED) is 0.900. The second kappa shape index (κ2) is 4.91. The number of fused-ring (bicyclic) bond motifs is 1. The second-order valence-electron chi connectivity index (χ2n) is 6.17. The van der Waals surface area contributed by atoms with Crippen LogP contribution in [-0.4, -0.2) is 35.0 Å². The number of nitrogens with two attached hydrogens (primary N) is 1. The van der Waals surface area contributed by atoms with E-state index < -0.39 is 5.60 Å². The number of likely N-dealkylation sites (tertiary alicyclic amines) is 1. The Balaban J connectivity index is 1.71. The highest BCUT2D eigenvalue weighted by Gasteiger charge is 2.57. The molecular weight excluding hydrogens is 296 g/mol. The number of hydrogen-bond acceptors (Lipinski definition) is 4. The third kappa shape index (κ3) is 1.93. The number of piperidine rings is 1. The summed E-state index contributed by atoms with van der Waals surface area (Å²) in [7, 11) is 0. The third-order valence-electron chi connectivity index (χ3n) is 4.93. The first-order chi connectivity index (χ1) is 10.6. The fraction of sp³-hybridized carbons (Fsp3) is 0.353. The highest BCUT2D eigenvalue weighted by molar-refractivity contribution is 7.10. The minimum atomic E-state index is -1.60. The highest BCUT2D eigenvalue weighted by Crippen LogP contribution is 2.46. The largest absolute Gasteiger partial charge is 0.371 e. The summed E-state index contributed by atoms with van der Waals surface area (Å²) >= 11 is 1.40. The molecule has 4 nitrogen and oxygen atoms in total. The maximum Gasteiger partial charge on any atom is 0.264 e. The van der Waals surface area contributed by atoms with Crippen LogP contribution in [-0.2, 0) is 10.4 Å². The Labute approximate surface area is 133 Å². The van der Waals surface area contributed by atoms with Gasteiger partial charge in [-0.2, -0.15) is 0 Å². The summed E-state index contributed by atoms with van der Waals surface area (Å²) in [6.45, 7) is 1.32. The summed E-state index contributed by atoms with van der Waals surface area (Å²) in [5.74, 6) is 0.583. The average molecular weight is 314 g/mol. The Kier molecular flexibility index (Phi) is 3.11. The molecule has 1 aliphatic heterocycles. The molecule has 3 atom stereocenters. The zero-order valence-electron chi connectivity index (χ0n) is 12.1. The molecule has 1 saturated carbocycles. The van der Waals surface area contributed by atoms with E-state index in [1.165, 1.54) is 11.3 Å². The van der Waals surface area contributed by atoms with Crippen LogP contribution in [0.3, 0.4) is 0 Å². The topological polar surface area (TPSA) is 66.6 Å². The molecule has 1 aliphatic carbocycles. The number of aliphatic hydroxyl groups is 1. The maximum absolute atomic E-state index is 13.1. The Morgan fingerprint density at radius 2 is 1.86 bits per heavy atom. The van der Waals surface area contributed by atoms with Gasteiger partial charge in [0, 0.05) is 19.1 Å². The molecule has 114 valence electrons. The molecule has 1 amide bonds. The van der Waals surface area contributed by atoms with Gasteiger partial charge >= 0.3 is 0 Å². The average Bonchev–Trinajstić information content (AvgIpc) is 3.06. The van der Waals surface area contributed by atoms with Gasteiger partial charge in [-0.1, -0.05) is 36.4 Å². The molecule has 2 aromatic rings. The van der Waals surface area contributed by atoms with Crippen LogP contribution in [0.15, 0.2) is 47.8 Å². The lowest BCUT2D eigenvalue weighted by Gasteiger charge is -2.32.